The molecule has 0 fully saturated rings. The summed E-state index contributed by atoms with van der Waals surface area (Å²) in [5.41, 5.74) is -1.00. The van der Waals surface area contributed by atoms with Crippen LogP contribution in [0.4, 0.5) is 4.39 Å². The van der Waals surface area contributed by atoms with Crippen molar-refractivity contribution in [2.24, 2.45) is 0 Å². The molecule has 0 saturated heterocycles. The molecule has 0 aliphatic heterocycles. The zero-order valence-electron chi connectivity index (χ0n) is 7.97. The van der Waals surface area contributed by atoms with Gasteiger partial charge in [0.15, 0.2) is 11.5 Å². The molecule has 0 saturated carbocycles. The van der Waals surface area contributed by atoms with Gasteiger partial charge in [-0.1, -0.05) is 6.07 Å². The summed E-state index contributed by atoms with van der Waals surface area (Å²) in [4.78, 5) is 0. The van der Waals surface area contributed by atoms with Crippen LogP contribution in [-0.2, 0) is 5.67 Å². The Kier molecular flexibility index (Phi) is 2.45. The van der Waals surface area contributed by atoms with Crippen LogP contribution >= 0.6 is 0 Å². The van der Waals surface area contributed by atoms with E-state index in [1.165, 1.54) is 27.0 Å². The Hall–Kier alpha value is -1.25. The molecule has 13 heavy (non-hydrogen) atoms. The number of alkyl halides is 1. The van der Waals surface area contributed by atoms with Crippen molar-refractivity contribution >= 4 is 0 Å². The molecule has 0 atom stereocenters. The van der Waals surface area contributed by atoms with E-state index in [0.717, 1.165) is 0 Å². The number of hydrogen-bond donors (Lipinski definition) is 1. The van der Waals surface area contributed by atoms with Crippen molar-refractivity contribution in [2.45, 2.75) is 19.5 Å². The van der Waals surface area contributed by atoms with Crippen molar-refractivity contribution in [1.82, 2.24) is 0 Å². The molecule has 1 aromatic carbocycles. The third-order valence-corrected chi connectivity index (χ3v) is 1.87. The number of benzene rings is 1. The number of hydrogen-bond acceptors (Lipinski definition) is 2. The topological polar surface area (TPSA) is 29.5 Å². The Morgan fingerprint density at radius 1 is 1.38 bits per heavy atom. The van der Waals surface area contributed by atoms with Gasteiger partial charge in [-0.2, -0.15) is 0 Å². The predicted octanol–water partition coefficient (Wildman–Crippen LogP) is 2.61. The number of ether oxygens (including phenoxy) is 1. The number of rotatable bonds is 2. The van der Waals surface area contributed by atoms with E-state index in [1.807, 2.05) is 0 Å². The summed E-state index contributed by atoms with van der Waals surface area (Å²) in [5.74, 6) is 0.318. The van der Waals surface area contributed by atoms with Gasteiger partial charge < -0.3 is 9.84 Å². The fraction of sp³-hybridized carbons (Fsp3) is 0.400. The molecule has 0 bridgehead atoms. The Morgan fingerprint density at radius 2 is 2.00 bits per heavy atom. The second-order valence-corrected chi connectivity index (χ2v) is 3.36. The monoisotopic (exact) mass is 184 g/mol. The molecular weight excluding hydrogens is 171 g/mol. The van der Waals surface area contributed by atoms with Crippen LogP contribution in [0.15, 0.2) is 18.2 Å². The van der Waals surface area contributed by atoms with Crippen LogP contribution in [0.2, 0.25) is 0 Å². The van der Waals surface area contributed by atoms with E-state index >= 15 is 0 Å². The normalized spacial score (nSPS) is 11.4. The van der Waals surface area contributed by atoms with Crippen LogP contribution in [0.5, 0.6) is 11.5 Å². The minimum absolute atomic E-state index is 0.0364. The third-order valence-electron chi connectivity index (χ3n) is 1.87. The third kappa shape index (κ3) is 2.11. The second-order valence-electron chi connectivity index (χ2n) is 3.36. The van der Waals surface area contributed by atoms with Crippen molar-refractivity contribution in [3.05, 3.63) is 23.8 Å². The quantitative estimate of drug-likeness (QED) is 0.765. The first-order valence-electron chi connectivity index (χ1n) is 4.01. The van der Waals surface area contributed by atoms with Gasteiger partial charge in [-0.3, -0.25) is 0 Å². The smallest absolute Gasteiger partial charge is 0.160 e. The zero-order valence-corrected chi connectivity index (χ0v) is 7.97. The lowest BCUT2D eigenvalue weighted by Crippen LogP contribution is -2.08. The molecule has 1 rings (SSSR count). The Morgan fingerprint density at radius 3 is 2.38 bits per heavy atom. The largest absolute Gasteiger partial charge is 0.504 e. The average molecular weight is 184 g/mol. The van der Waals surface area contributed by atoms with Gasteiger partial charge in [-0.05, 0) is 31.5 Å². The van der Waals surface area contributed by atoms with Crippen molar-refractivity contribution in [2.75, 3.05) is 7.11 Å². The van der Waals surface area contributed by atoms with E-state index in [2.05, 4.69) is 0 Å². The van der Waals surface area contributed by atoms with Crippen molar-refractivity contribution in [3.63, 3.8) is 0 Å². The van der Waals surface area contributed by atoms with E-state index in [0.29, 0.717) is 11.3 Å². The second kappa shape index (κ2) is 3.24. The summed E-state index contributed by atoms with van der Waals surface area (Å²) in [6.45, 7) is 2.88. The average Bonchev–Trinajstić information content (AvgIpc) is 2.02. The van der Waals surface area contributed by atoms with Gasteiger partial charge in [0.05, 0.1) is 7.11 Å². The minimum Gasteiger partial charge on any atom is -0.504 e. The van der Waals surface area contributed by atoms with Crippen LogP contribution in [0, 0.1) is 0 Å². The van der Waals surface area contributed by atoms with Crippen molar-refractivity contribution < 1.29 is 14.2 Å². The first-order chi connectivity index (χ1) is 5.95. The first kappa shape index (κ1) is 9.84. The molecule has 0 heterocycles. The van der Waals surface area contributed by atoms with E-state index in [9.17, 15) is 9.50 Å². The molecule has 1 aromatic rings. The summed E-state index contributed by atoms with van der Waals surface area (Å²) >= 11 is 0. The highest BCUT2D eigenvalue weighted by Gasteiger charge is 2.19. The molecule has 0 aromatic heterocycles. The lowest BCUT2D eigenvalue weighted by Gasteiger charge is -2.15. The first-order valence-corrected chi connectivity index (χ1v) is 4.01. The highest BCUT2D eigenvalue weighted by molar-refractivity contribution is 5.43. The summed E-state index contributed by atoms with van der Waals surface area (Å²) in [6, 6.07) is 4.52. The number of aromatic hydroxyl groups is 1. The van der Waals surface area contributed by atoms with Crippen LogP contribution in [0.25, 0.3) is 0 Å². The predicted molar refractivity (Wildman–Crippen MR) is 48.8 cm³/mol. The number of halogens is 1. The van der Waals surface area contributed by atoms with Gasteiger partial charge in [0, 0.05) is 0 Å². The minimum atomic E-state index is -1.44. The Bertz CT molecular complexity index is 302. The van der Waals surface area contributed by atoms with Gasteiger partial charge in [-0.25, -0.2) is 4.39 Å². The molecule has 0 aliphatic rings. The van der Waals surface area contributed by atoms with Crippen LogP contribution in [0.1, 0.15) is 19.4 Å². The number of methoxy groups -OCH3 is 1. The van der Waals surface area contributed by atoms with Gasteiger partial charge in [0.1, 0.15) is 5.67 Å². The van der Waals surface area contributed by atoms with Crippen molar-refractivity contribution in [1.29, 1.82) is 0 Å². The molecule has 3 heteroatoms. The highest BCUT2D eigenvalue weighted by Crippen LogP contribution is 2.32. The molecule has 0 spiro atoms. The fourth-order valence-electron chi connectivity index (χ4n) is 1.06. The Labute approximate surface area is 77.0 Å². The highest BCUT2D eigenvalue weighted by atomic mass is 19.1. The Balaban J connectivity index is 3.10. The SMILES string of the molecule is COc1ccc(C(C)(C)F)cc1O. The summed E-state index contributed by atoms with van der Waals surface area (Å²) in [6.07, 6.45) is 0. The summed E-state index contributed by atoms with van der Waals surface area (Å²) in [7, 11) is 1.45. The van der Waals surface area contributed by atoms with Crippen LogP contribution in [-0.4, -0.2) is 12.2 Å². The fourth-order valence-corrected chi connectivity index (χ4v) is 1.06. The molecule has 2 nitrogen and oxygen atoms in total. The maximum atomic E-state index is 13.4. The zero-order chi connectivity index (χ0) is 10.1. The molecule has 0 radical (unpaired) electrons. The maximum Gasteiger partial charge on any atom is 0.160 e. The summed E-state index contributed by atoms with van der Waals surface area (Å²) < 4.78 is 18.2. The van der Waals surface area contributed by atoms with Gasteiger partial charge in [0.25, 0.3) is 0 Å². The van der Waals surface area contributed by atoms with Crippen LogP contribution in [0.3, 0.4) is 0 Å². The molecule has 0 aliphatic carbocycles. The number of phenols is 1. The molecular formula is C10H13FO2. The number of phenolic OH excluding ortho intramolecular Hbond substituents is 1. The van der Waals surface area contributed by atoms with E-state index < -0.39 is 5.67 Å². The van der Waals surface area contributed by atoms with E-state index in [1.54, 1.807) is 12.1 Å². The standard InChI is InChI=1S/C10H13FO2/c1-10(2,11)7-4-5-9(13-3)8(12)6-7/h4-6,12H,1-3H3. The maximum absolute atomic E-state index is 13.4. The van der Waals surface area contributed by atoms with E-state index in [-0.39, 0.29) is 5.75 Å². The van der Waals surface area contributed by atoms with Crippen molar-refractivity contribution in [3.8, 4) is 11.5 Å². The lowest BCUT2D eigenvalue weighted by atomic mass is 10.00. The lowest BCUT2D eigenvalue weighted by molar-refractivity contribution is 0.220. The van der Waals surface area contributed by atoms with Gasteiger partial charge in [0.2, 0.25) is 0 Å². The van der Waals surface area contributed by atoms with Gasteiger partial charge >= 0.3 is 0 Å². The van der Waals surface area contributed by atoms with E-state index in [4.69, 9.17) is 4.74 Å². The van der Waals surface area contributed by atoms with Crippen LogP contribution < -0.4 is 4.74 Å². The molecule has 72 valence electrons. The molecule has 1 N–H and O–H groups in total. The summed E-state index contributed by atoms with van der Waals surface area (Å²) in [5, 5.41) is 9.36. The molecule has 0 unspecified atom stereocenters. The van der Waals surface area contributed by atoms with Gasteiger partial charge in [-0.15, -0.1) is 0 Å². The molecule has 0 amide bonds.